The van der Waals surface area contributed by atoms with Crippen LogP contribution in [0.15, 0.2) is 30.3 Å². The van der Waals surface area contributed by atoms with E-state index in [1.54, 1.807) is 0 Å². The van der Waals surface area contributed by atoms with Gasteiger partial charge in [-0.3, -0.25) is 4.79 Å². The normalized spacial score (nSPS) is 17.2. The van der Waals surface area contributed by atoms with E-state index in [-0.39, 0.29) is 11.3 Å². The Kier molecular flexibility index (Phi) is 5.34. The van der Waals surface area contributed by atoms with Crippen LogP contribution < -0.4 is 10.6 Å². The quantitative estimate of drug-likeness (QED) is 0.844. The van der Waals surface area contributed by atoms with Crippen LogP contribution in [0.2, 0.25) is 0 Å². The van der Waals surface area contributed by atoms with Crippen molar-refractivity contribution >= 4 is 28.8 Å². The highest BCUT2D eigenvalue weighted by atomic mass is 32.1. The molecule has 0 aromatic heterocycles. The minimum atomic E-state index is -0.246. The second kappa shape index (κ2) is 7.03. The number of hydrogen-bond donors (Lipinski definition) is 1. The van der Waals surface area contributed by atoms with Gasteiger partial charge in [-0.15, -0.1) is 0 Å². The van der Waals surface area contributed by atoms with Crippen LogP contribution in [0.25, 0.3) is 0 Å². The molecule has 0 aliphatic heterocycles. The largest absolute Gasteiger partial charge is 0.393 e. The molecule has 0 unspecified atom stereocenters. The van der Waals surface area contributed by atoms with E-state index in [0.717, 1.165) is 31.4 Å². The van der Waals surface area contributed by atoms with Crippen LogP contribution in [-0.2, 0) is 4.79 Å². The SMILES string of the molecule is CC1(C(=O)N(CCC(N)=S)c2ccccc2)CCCCC1. The molecule has 0 spiro atoms. The zero-order valence-electron chi connectivity index (χ0n) is 12.7. The number of carbonyl (C=O) groups is 1. The number of nitrogens with two attached hydrogens (primary N) is 1. The second-order valence-corrected chi connectivity index (χ2v) is 6.65. The third-order valence-electron chi connectivity index (χ3n) is 4.37. The number of carbonyl (C=O) groups excluding carboxylic acids is 1. The predicted molar refractivity (Wildman–Crippen MR) is 91.4 cm³/mol. The Labute approximate surface area is 132 Å². The van der Waals surface area contributed by atoms with Gasteiger partial charge in [0.05, 0.1) is 4.99 Å². The van der Waals surface area contributed by atoms with Gasteiger partial charge in [0.1, 0.15) is 0 Å². The summed E-state index contributed by atoms with van der Waals surface area (Å²) in [5, 5.41) is 0. The van der Waals surface area contributed by atoms with Crippen LogP contribution in [0.1, 0.15) is 45.4 Å². The molecule has 1 aromatic rings. The Morgan fingerprint density at radius 2 is 1.86 bits per heavy atom. The number of benzene rings is 1. The smallest absolute Gasteiger partial charge is 0.232 e. The fraction of sp³-hybridized carbons (Fsp3) is 0.529. The number of nitrogens with zero attached hydrogens (tertiary/aromatic N) is 1. The molecule has 2 N–H and O–H groups in total. The first-order valence-corrected chi connectivity index (χ1v) is 8.09. The van der Waals surface area contributed by atoms with Crippen molar-refractivity contribution in [3.63, 3.8) is 0 Å². The summed E-state index contributed by atoms with van der Waals surface area (Å²) in [5.74, 6) is 0.213. The molecule has 0 saturated heterocycles. The van der Waals surface area contributed by atoms with Crippen molar-refractivity contribution in [2.24, 2.45) is 11.1 Å². The molecule has 1 fully saturated rings. The van der Waals surface area contributed by atoms with Crippen LogP contribution in [0, 0.1) is 5.41 Å². The summed E-state index contributed by atoms with van der Waals surface area (Å²) in [4.78, 5) is 15.4. The topological polar surface area (TPSA) is 46.3 Å². The van der Waals surface area contributed by atoms with Crippen molar-refractivity contribution in [3.05, 3.63) is 30.3 Å². The number of rotatable bonds is 5. The van der Waals surface area contributed by atoms with Gasteiger partial charge < -0.3 is 10.6 Å². The van der Waals surface area contributed by atoms with Gasteiger partial charge in [-0.05, 0) is 25.0 Å². The lowest BCUT2D eigenvalue weighted by Gasteiger charge is -2.37. The Hall–Kier alpha value is -1.42. The standard InChI is InChI=1S/C17H24N2OS/c1-17(11-6-3-7-12-17)16(20)19(13-10-15(18)21)14-8-4-2-5-9-14/h2,4-5,8-9H,3,6-7,10-13H2,1H3,(H2,18,21). The fourth-order valence-corrected chi connectivity index (χ4v) is 3.14. The van der Waals surface area contributed by atoms with E-state index in [2.05, 4.69) is 6.92 Å². The van der Waals surface area contributed by atoms with Gasteiger partial charge in [0.2, 0.25) is 5.91 Å². The molecule has 1 amide bonds. The lowest BCUT2D eigenvalue weighted by molar-refractivity contribution is -0.129. The maximum atomic E-state index is 13.1. The Morgan fingerprint density at radius 3 is 2.43 bits per heavy atom. The molecule has 1 saturated carbocycles. The third kappa shape index (κ3) is 4.03. The Balaban J connectivity index is 2.21. The van der Waals surface area contributed by atoms with Crippen molar-refractivity contribution in [3.8, 4) is 0 Å². The molecule has 0 heterocycles. The summed E-state index contributed by atoms with van der Waals surface area (Å²) in [6.07, 6.45) is 6.03. The minimum Gasteiger partial charge on any atom is -0.393 e. The van der Waals surface area contributed by atoms with Crippen LogP contribution >= 0.6 is 12.2 Å². The molecular weight excluding hydrogens is 280 g/mol. The van der Waals surface area contributed by atoms with Gasteiger partial charge >= 0.3 is 0 Å². The van der Waals surface area contributed by atoms with E-state index in [9.17, 15) is 4.79 Å². The Bertz CT molecular complexity index is 495. The first-order chi connectivity index (χ1) is 10.0. The molecule has 21 heavy (non-hydrogen) atoms. The van der Waals surface area contributed by atoms with Crippen molar-refractivity contribution in [1.82, 2.24) is 0 Å². The molecule has 1 aromatic carbocycles. The predicted octanol–water partition coefficient (Wildman–Crippen LogP) is 3.67. The summed E-state index contributed by atoms with van der Waals surface area (Å²) in [7, 11) is 0. The zero-order valence-corrected chi connectivity index (χ0v) is 13.5. The number of amides is 1. The molecular formula is C17H24N2OS. The second-order valence-electron chi connectivity index (χ2n) is 6.13. The lowest BCUT2D eigenvalue weighted by atomic mass is 9.74. The maximum Gasteiger partial charge on any atom is 0.232 e. The van der Waals surface area contributed by atoms with Crippen molar-refractivity contribution in [1.29, 1.82) is 0 Å². The Morgan fingerprint density at radius 1 is 1.24 bits per heavy atom. The third-order valence-corrected chi connectivity index (χ3v) is 4.57. The molecule has 3 nitrogen and oxygen atoms in total. The van der Waals surface area contributed by atoms with Crippen molar-refractivity contribution in [2.75, 3.05) is 11.4 Å². The van der Waals surface area contributed by atoms with Gasteiger partial charge in [0.25, 0.3) is 0 Å². The zero-order chi connectivity index (χ0) is 15.3. The number of para-hydroxylation sites is 1. The van der Waals surface area contributed by atoms with E-state index in [4.69, 9.17) is 18.0 Å². The molecule has 4 heteroatoms. The highest BCUT2D eigenvalue weighted by molar-refractivity contribution is 7.80. The average molecular weight is 304 g/mol. The molecule has 1 aliphatic rings. The van der Waals surface area contributed by atoms with E-state index >= 15 is 0 Å². The molecule has 1 aliphatic carbocycles. The van der Waals surface area contributed by atoms with E-state index in [1.807, 2.05) is 35.2 Å². The molecule has 0 radical (unpaired) electrons. The van der Waals surface area contributed by atoms with Gasteiger partial charge in [-0.2, -0.15) is 0 Å². The van der Waals surface area contributed by atoms with Gasteiger partial charge in [-0.1, -0.05) is 56.6 Å². The minimum absolute atomic E-state index is 0.213. The number of anilines is 1. The molecule has 114 valence electrons. The van der Waals surface area contributed by atoms with Crippen molar-refractivity contribution < 1.29 is 4.79 Å². The number of hydrogen-bond acceptors (Lipinski definition) is 2. The van der Waals surface area contributed by atoms with Crippen molar-refractivity contribution in [2.45, 2.75) is 45.4 Å². The highest BCUT2D eigenvalue weighted by Gasteiger charge is 2.37. The fourth-order valence-electron chi connectivity index (χ4n) is 3.05. The van der Waals surface area contributed by atoms with Crippen LogP contribution in [0.3, 0.4) is 0 Å². The lowest BCUT2D eigenvalue weighted by Crippen LogP contribution is -2.44. The molecule has 0 atom stereocenters. The van der Waals surface area contributed by atoms with E-state index in [1.165, 1.54) is 6.42 Å². The molecule has 2 rings (SSSR count). The van der Waals surface area contributed by atoms with Crippen LogP contribution in [0.4, 0.5) is 5.69 Å². The van der Waals surface area contributed by atoms with Crippen LogP contribution in [-0.4, -0.2) is 17.4 Å². The monoisotopic (exact) mass is 304 g/mol. The van der Waals surface area contributed by atoms with Gasteiger partial charge in [0, 0.05) is 24.1 Å². The van der Waals surface area contributed by atoms with Crippen LogP contribution in [0.5, 0.6) is 0 Å². The van der Waals surface area contributed by atoms with Gasteiger partial charge in [0.15, 0.2) is 0 Å². The summed E-state index contributed by atoms with van der Waals surface area (Å²) in [6, 6.07) is 9.83. The van der Waals surface area contributed by atoms with E-state index in [0.29, 0.717) is 18.0 Å². The summed E-state index contributed by atoms with van der Waals surface area (Å²) >= 11 is 4.97. The molecule has 0 bridgehead atoms. The summed E-state index contributed by atoms with van der Waals surface area (Å²) in [6.45, 7) is 2.67. The van der Waals surface area contributed by atoms with Gasteiger partial charge in [-0.25, -0.2) is 0 Å². The number of thiocarbonyl (C=S) groups is 1. The highest BCUT2D eigenvalue weighted by Crippen LogP contribution is 2.38. The summed E-state index contributed by atoms with van der Waals surface area (Å²) in [5.41, 5.74) is 6.31. The first-order valence-electron chi connectivity index (χ1n) is 7.68. The maximum absolute atomic E-state index is 13.1. The first kappa shape index (κ1) is 16.0. The van der Waals surface area contributed by atoms with E-state index < -0.39 is 0 Å². The average Bonchev–Trinajstić information content (AvgIpc) is 2.49. The summed E-state index contributed by atoms with van der Waals surface area (Å²) < 4.78 is 0.